The first-order valence-corrected chi connectivity index (χ1v) is 6.29. The summed E-state index contributed by atoms with van der Waals surface area (Å²) in [6, 6.07) is 6.82. The van der Waals surface area contributed by atoms with Gasteiger partial charge in [0, 0.05) is 12.1 Å². The highest BCUT2D eigenvalue weighted by molar-refractivity contribution is 5.92. The van der Waals surface area contributed by atoms with E-state index in [0.29, 0.717) is 0 Å². The van der Waals surface area contributed by atoms with E-state index < -0.39 is 17.9 Å². The summed E-state index contributed by atoms with van der Waals surface area (Å²) in [6.07, 6.45) is 3.04. The fourth-order valence-corrected chi connectivity index (χ4v) is 1.50. The molecule has 2 unspecified atom stereocenters. The molecule has 0 aromatic heterocycles. The molecular formula is C15H19NO4. The number of methoxy groups -OCH3 is 1. The van der Waals surface area contributed by atoms with E-state index in [2.05, 4.69) is 5.32 Å². The third-order valence-corrected chi connectivity index (χ3v) is 3.05. The van der Waals surface area contributed by atoms with Gasteiger partial charge in [0.2, 0.25) is 5.91 Å². The summed E-state index contributed by atoms with van der Waals surface area (Å²) in [5.41, 5.74) is 0.861. The Morgan fingerprint density at radius 2 is 1.85 bits per heavy atom. The molecule has 2 N–H and O–H groups in total. The highest BCUT2D eigenvalue weighted by Crippen LogP contribution is 2.12. The Balaban J connectivity index is 2.56. The number of hydrogen-bond acceptors (Lipinski definition) is 3. The van der Waals surface area contributed by atoms with Gasteiger partial charge in [-0.1, -0.05) is 12.1 Å². The minimum atomic E-state index is -0.933. The Morgan fingerprint density at radius 3 is 2.35 bits per heavy atom. The first-order chi connectivity index (χ1) is 9.43. The van der Waals surface area contributed by atoms with Gasteiger partial charge in [-0.15, -0.1) is 0 Å². The Labute approximate surface area is 118 Å². The predicted molar refractivity (Wildman–Crippen MR) is 76.4 cm³/mol. The molecule has 0 heterocycles. The maximum atomic E-state index is 11.7. The zero-order valence-electron chi connectivity index (χ0n) is 11.8. The van der Waals surface area contributed by atoms with Crippen LogP contribution in [0.25, 0.3) is 6.08 Å². The molecule has 0 spiro atoms. The van der Waals surface area contributed by atoms with Crippen LogP contribution in [0.3, 0.4) is 0 Å². The third-order valence-electron chi connectivity index (χ3n) is 3.05. The maximum absolute atomic E-state index is 11.7. The number of aliphatic carboxylic acids is 1. The second-order valence-electron chi connectivity index (χ2n) is 4.53. The molecule has 0 fully saturated rings. The molecular weight excluding hydrogens is 258 g/mol. The lowest BCUT2D eigenvalue weighted by molar-refractivity contribution is -0.142. The van der Waals surface area contributed by atoms with Crippen LogP contribution >= 0.6 is 0 Å². The topological polar surface area (TPSA) is 75.6 Å². The van der Waals surface area contributed by atoms with Crippen molar-refractivity contribution in [3.05, 3.63) is 35.9 Å². The van der Waals surface area contributed by atoms with E-state index in [4.69, 9.17) is 9.84 Å². The molecule has 0 aliphatic heterocycles. The molecule has 1 aromatic rings. The second-order valence-corrected chi connectivity index (χ2v) is 4.53. The number of carbonyl (C=O) groups is 2. The van der Waals surface area contributed by atoms with Gasteiger partial charge in [-0.25, -0.2) is 0 Å². The summed E-state index contributed by atoms with van der Waals surface area (Å²) in [4.78, 5) is 22.4. The van der Waals surface area contributed by atoms with Crippen molar-refractivity contribution in [2.24, 2.45) is 5.92 Å². The molecule has 0 aliphatic rings. The van der Waals surface area contributed by atoms with E-state index in [1.165, 1.54) is 6.08 Å². The fraction of sp³-hybridized carbons (Fsp3) is 0.333. The van der Waals surface area contributed by atoms with Crippen molar-refractivity contribution in [3.8, 4) is 5.75 Å². The Bertz CT molecular complexity index is 493. The minimum absolute atomic E-state index is 0.318. The van der Waals surface area contributed by atoms with Gasteiger partial charge in [0.15, 0.2) is 0 Å². The van der Waals surface area contributed by atoms with Crippen molar-refractivity contribution in [2.45, 2.75) is 19.9 Å². The number of nitrogens with one attached hydrogen (secondary N) is 1. The lowest BCUT2D eigenvalue weighted by Gasteiger charge is -2.16. The number of ether oxygens (including phenoxy) is 1. The fourth-order valence-electron chi connectivity index (χ4n) is 1.50. The molecule has 0 bridgehead atoms. The summed E-state index contributed by atoms with van der Waals surface area (Å²) in [7, 11) is 1.59. The number of rotatable bonds is 6. The van der Waals surface area contributed by atoms with Gasteiger partial charge in [0.25, 0.3) is 0 Å². The molecule has 0 saturated heterocycles. The zero-order chi connectivity index (χ0) is 15.1. The average Bonchev–Trinajstić information content (AvgIpc) is 2.44. The van der Waals surface area contributed by atoms with E-state index in [0.717, 1.165) is 11.3 Å². The van der Waals surface area contributed by atoms with E-state index in [1.807, 2.05) is 12.1 Å². The van der Waals surface area contributed by atoms with E-state index in [9.17, 15) is 9.59 Å². The smallest absolute Gasteiger partial charge is 0.308 e. The Kier molecular flexibility index (Phi) is 5.77. The Hall–Kier alpha value is -2.30. The standard InChI is InChI=1S/C15H19NO4/c1-10(15(18)19)11(2)16-14(17)9-6-12-4-7-13(20-3)8-5-12/h4-11H,1-3H3,(H,16,17)(H,18,19)/b9-6+. The first-order valence-electron chi connectivity index (χ1n) is 6.29. The van der Waals surface area contributed by atoms with Gasteiger partial charge in [-0.3, -0.25) is 9.59 Å². The van der Waals surface area contributed by atoms with Crippen LogP contribution in [-0.2, 0) is 9.59 Å². The molecule has 1 aromatic carbocycles. The molecule has 108 valence electrons. The first kappa shape index (κ1) is 15.8. The molecule has 1 rings (SSSR count). The van der Waals surface area contributed by atoms with Crippen molar-refractivity contribution in [1.82, 2.24) is 5.32 Å². The largest absolute Gasteiger partial charge is 0.497 e. The van der Waals surface area contributed by atoms with Crippen LogP contribution in [0.1, 0.15) is 19.4 Å². The number of carbonyl (C=O) groups excluding carboxylic acids is 1. The van der Waals surface area contributed by atoms with Crippen LogP contribution in [0.4, 0.5) is 0 Å². The molecule has 0 saturated carbocycles. The van der Waals surface area contributed by atoms with Crippen LogP contribution in [0.2, 0.25) is 0 Å². The zero-order valence-corrected chi connectivity index (χ0v) is 11.8. The summed E-state index contributed by atoms with van der Waals surface area (Å²) in [6.45, 7) is 3.22. The van der Waals surface area contributed by atoms with Crippen molar-refractivity contribution in [1.29, 1.82) is 0 Å². The van der Waals surface area contributed by atoms with Crippen LogP contribution in [0.5, 0.6) is 5.75 Å². The number of hydrogen-bond donors (Lipinski definition) is 2. The lowest BCUT2D eigenvalue weighted by atomic mass is 10.0. The Morgan fingerprint density at radius 1 is 1.25 bits per heavy atom. The van der Waals surface area contributed by atoms with Crippen molar-refractivity contribution in [3.63, 3.8) is 0 Å². The van der Waals surface area contributed by atoms with E-state index >= 15 is 0 Å². The highest BCUT2D eigenvalue weighted by Gasteiger charge is 2.19. The average molecular weight is 277 g/mol. The normalized spacial score (nSPS) is 13.8. The number of amides is 1. The highest BCUT2D eigenvalue weighted by atomic mass is 16.5. The van der Waals surface area contributed by atoms with E-state index in [1.54, 1.807) is 39.2 Å². The molecule has 0 radical (unpaired) electrons. The van der Waals surface area contributed by atoms with Gasteiger partial charge in [0.1, 0.15) is 5.75 Å². The number of carboxylic acid groups (broad SMARTS) is 1. The molecule has 5 nitrogen and oxygen atoms in total. The van der Waals surface area contributed by atoms with Gasteiger partial charge >= 0.3 is 5.97 Å². The molecule has 2 atom stereocenters. The van der Waals surface area contributed by atoms with Crippen molar-refractivity contribution >= 4 is 18.0 Å². The SMILES string of the molecule is COc1ccc(/C=C/C(=O)NC(C)C(C)C(=O)O)cc1. The van der Waals surface area contributed by atoms with Gasteiger partial charge in [-0.05, 0) is 37.6 Å². The number of carboxylic acids is 1. The third kappa shape index (κ3) is 4.76. The van der Waals surface area contributed by atoms with Crippen molar-refractivity contribution < 1.29 is 19.4 Å². The monoisotopic (exact) mass is 277 g/mol. The van der Waals surface area contributed by atoms with Crippen LogP contribution in [-0.4, -0.2) is 30.1 Å². The molecule has 0 aliphatic carbocycles. The predicted octanol–water partition coefficient (Wildman–Crippen LogP) is 1.93. The number of benzene rings is 1. The quantitative estimate of drug-likeness (QED) is 0.779. The van der Waals surface area contributed by atoms with E-state index in [-0.39, 0.29) is 5.91 Å². The van der Waals surface area contributed by atoms with Gasteiger partial charge < -0.3 is 15.2 Å². The maximum Gasteiger partial charge on any atom is 0.308 e. The summed E-state index contributed by atoms with van der Waals surface area (Å²) < 4.78 is 5.04. The lowest BCUT2D eigenvalue weighted by Crippen LogP contribution is -2.39. The van der Waals surface area contributed by atoms with Crippen LogP contribution in [0, 0.1) is 5.92 Å². The minimum Gasteiger partial charge on any atom is -0.497 e. The van der Waals surface area contributed by atoms with Gasteiger partial charge in [0.05, 0.1) is 13.0 Å². The molecule has 5 heteroatoms. The molecule has 20 heavy (non-hydrogen) atoms. The second kappa shape index (κ2) is 7.33. The summed E-state index contributed by atoms with van der Waals surface area (Å²) >= 11 is 0. The summed E-state index contributed by atoms with van der Waals surface area (Å²) in [5.74, 6) is -1.14. The van der Waals surface area contributed by atoms with Crippen molar-refractivity contribution in [2.75, 3.05) is 7.11 Å². The summed E-state index contributed by atoms with van der Waals surface area (Å²) in [5, 5.41) is 11.5. The van der Waals surface area contributed by atoms with Gasteiger partial charge in [-0.2, -0.15) is 0 Å². The van der Waals surface area contributed by atoms with Crippen LogP contribution < -0.4 is 10.1 Å². The van der Waals surface area contributed by atoms with Crippen LogP contribution in [0.15, 0.2) is 30.3 Å². The molecule has 1 amide bonds.